The number of imidazole rings is 1. The SMILES string of the molecule is CCNC(c1cn(CC)cn1)c1cc(C)n(C)n1. The molecule has 98 valence electrons. The molecule has 0 aliphatic carbocycles. The lowest BCUT2D eigenvalue weighted by Crippen LogP contribution is -2.23. The van der Waals surface area contributed by atoms with Gasteiger partial charge in [0, 0.05) is 25.5 Å². The van der Waals surface area contributed by atoms with Crippen molar-refractivity contribution in [2.45, 2.75) is 33.4 Å². The number of nitrogens with zero attached hydrogens (tertiary/aromatic N) is 4. The fourth-order valence-corrected chi connectivity index (χ4v) is 1.99. The topological polar surface area (TPSA) is 47.7 Å². The first kappa shape index (κ1) is 12.8. The van der Waals surface area contributed by atoms with Crippen LogP contribution in [0.1, 0.15) is 37.0 Å². The number of rotatable bonds is 5. The van der Waals surface area contributed by atoms with E-state index in [0.717, 1.165) is 30.2 Å². The smallest absolute Gasteiger partial charge is 0.0959 e. The third-order valence-corrected chi connectivity index (χ3v) is 3.15. The second-order valence-corrected chi connectivity index (χ2v) is 4.45. The Hall–Kier alpha value is -1.62. The molecule has 2 aromatic rings. The van der Waals surface area contributed by atoms with Gasteiger partial charge >= 0.3 is 0 Å². The molecule has 0 amide bonds. The molecule has 0 spiro atoms. The van der Waals surface area contributed by atoms with Gasteiger partial charge in [-0.05, 0) is 26.5 Å². The third kappa shape index (κ3) is 2.46. The van der Waals surface area contributed by atoms with Crippen molar-refractivity contribution in [1.82, 2.24) is 24.6 Å². The molecular formula is C13H21N5. The van der Waals surface area contributed by atoms with Crippen molar-refractivity contribution in [1.29, 1.82) is 0 Å². The number of hydrogen-bond acceptors (Lipinski definition) is 3. The van der Waals surface area contributed by atoms with Crippen LogP contribution in [0.4, 0.5) is 0 Å². The molecule has 1 N–H and O–H groups in total. The molecule has 2 rings (SSSR count). The van der Waals surface area contributed by atoms with Gasteiger partial charge in [0.15, 0.2) is 0 Å². The van der Waals surface area contributed by atoms with E-state index in [1.807, 2.05) is 18.1 Å². The standard InChI is InChI=1S/C13H21N5/c1-5-14-13(11-7-10(3)17(4)16-11)12-8-18(6-2)9-15-12/h7-9,13-14H,5-6H2,1-4H3. The van der Waals surface area contributed by atoms with Crippen LogP contribution in [-0.2, 0) is 13.6 Å². The zero-order chi connectivity index (χ0) is 13.1. The van der Waals surface area contributed by atoms with E-state index in [0.29, 0.717) is 0 Å². The first-order valence-electron chi connectivity index (χ1n) is 6.41. The van der Waals surface area contributed by atoms with Crippen LogP contribution in [0.25, 0.3) is 0 Å². The van der Waals surface area contributed by atoms with Gasteiger partial charge in [-0.15, -0.1) is 0 Å². The van der Waals surface area contributed by atoms with Crippen LogP contribution >= 0.6 is 0 Å². The summed E-state index contributed by atoms with van der Waals surface area (Å²) in [5, 5.41) is 7.99. The van der Waals surface area contributed by atoms with Crippen LogP contribution in [0.5, 0.6) is 0 Å². The Bertz CT molecular complexity index is 492. The van der Waals surface area contributed by atoms with E-state index >= 15 is 0 Å². The molecule has 0 aromatic carbocycles. The third-order valence-electron chi connectivity index (χ3n) is 3.15. The number of nitrogens with one attached hydrogen (secondary N) is 1. The molecule has 5 heteroatoms. The van der Waals surface area contributed by atoms with E-state index in [1.54, 1.807) is 0 Å². The Morgan fingerprint density at radius 1 is 1.33 bits per heavy atom. The minimum Gasteiger partial charge on any atom is -0.337 e. The second kappa shape index (κ2) is 5.35. The summed E-state index contributed by atoms with van der Waals surface area (Å²) in [5.41, 5.74) is 3.21. The average Bonchev–Trinajstić information content (AvgIpc) is 2.94. The average molecular weight is 247 g/mol. The summed E-state index contributed by atoms with van der Waals surface area (Å²) >= 11 is 0. The zero-order valence-corrected chi connectivity index (χ0v) is 11.5. The highest BCUT2D eigenvalue weighted by Gasteiger charge is 2.19. The van der Waals surface area contributed by atoms with Gasteiger partial charge in [0.2, 0.25) is 0 Å². The minimum absolute atomic E-state index is 0.0719. The largest absolute Gasteiger partial charge is 0.337 e. The first-order chi connectivity index (χ1) is 8.65. The summed E-state index contributed by atoms with van der Waals surface area (Å²) in [4.78, 5) is 4.47. The second-order valence-electron chi connectivity index (χ2n) is 4.45. The van der Waals surface area contributed by atoms with Gasteiger partial charge in [0.25, 0.3) is 0 Å². The highest BCUT2D eigenvalue weighted by atomic mass is 15.3. The molecule has 18 heavy (non-hydrogen) atoms. The lowest BCUT2D eigenvalue weighted by atomic mass is 10.1. The molecule has 0 bridgehead atoms. The van der Waals surface area contributed by atoms with Crippen LogP contribution < -0.4 is 5.32 Å². The predicted molar refractivity (Wildman–Crippen MR) is 71.4 cm³/mol. The maximum atomic E-state index is 4.55. The predicted octanol–water partition coefficient (Wildman–Crippen LogP) is 1.64. The van der Waals surface area contributed by atoms with Gasteiger partial charge in [0.1, 0.15) is 0 Å². The van der Waals surface area contributed by atoms with E-state index in [-0.39, 0.29) is 6.04 Å². The van der Waals surface area contributed by atoms with Crippen molar-refractivity contribution in [2.75, 3.05) is 6.54 Å². The van der Waals surface area contributed by atoms with Crippen LogP contribution in [0.3, 0.4) is 0 Å². The monoisotopic (exact) mass is 247 g/mol. The van der Waals surface area contributed by atoms with Gasteiger partial charge in [0.05, 0.1) is 23.8 Å². The van der Waals surface area contributed by atoms with Gasteiger partial charge in [-0.3, -0.25) is 4.68 Å². The first-order valence-corrected chi connectivity index (χ1v) is 6.41. The summed E-state index contributed by atoms with van der Waals surface area (Å²) < 4.78 is 3.98. The van der Waals surface area contributed by atoms with Crippen LogP contribution in [0.15, 0.2) is 18.6 Å². The van der Waals surface area contributed by atoms with Crippen molar-refractivity contribution in [3.63, 3.8) is 0 Å². The number of hydrogen-bond donors (Lipinski definition) is 1. The molecule has 5 nitrogen and oxygen atoms in total. The molecular weight excluding hydrogens is 226 g/mol. The molecule has 2 heterocycles. The summed E-state index contributed by atoms with van der Waals surface area (Å²) in [7, 11) is 1.96. The molecule has 2 aromatic heterocycles. The van der Waals surface area contributed by atoms with Gasteiger partial charge in [-0.25, -0.2) is 4.98 Å². The minimum atomic E-state index is 0.0719. The Balaban J connectivity index is 2.32. The Morgan fingerprint density at radius 2 is 2.11 bits per heavy atom. The van der Waals surface area contributed by atoms with Crippen LogP contribution in [-0.4, -0.2) is 25.9 Å². The Labute approximate surface area is 108 Å². The normalized spacial score (nSPS) is 12.9. The van der Waals surface area contributed by atoms with Crippen molar-refractivity contribution < 1.29 is 0 Å². The van der Waals surface area contributed by atoms with E-state index in [1.165, 1.54) is 0 Å². The molecule has 0 aliphatic heterocycles. The van der Waals surface area contributed by atoms with Gasteiger partial charge < -0.3 is 9.88 Å². The maximum absolute atomic E-state index is 4.55. The summed E-state index contributed by atoms with van der Waals surface area (Å²) in [5.74, 6) is 0. The maximum Gasteiger partial charge on any atom is 0.0959 e. The molecule has 0 saturated carbocycles. The fraction of sp³-hybridized carbons (Fsp3) is 0.538. The Kier molecular flexibility index (Phi) is 3.81. The summed E-state index contributed by atoms with van der Waals surface area (Å²) in [6.45, 7) is 8.09. The van der Waals surface area contributed by atoms with Crippen LogP contribution in [0.2, 0.25) is 0 Å². The zero-order valence-electron chi connectivity index (χ0n) is 11.5. The molecule has 1 unspecified atom stereocenters. The molecule has 1 atom stereocenters. The number of aromatic nitrogens is 4. The number of aryl methyl sites for hydroxylation is 3. The lowest BCUT2D eigenvalue weighted by molar-refractivity contribution is 0.587. The van der Waals surface area contributed by atoms with E-state index < -0.39 is 0 Å². The van der Waals surface area contributed by atoms with Crippen molar-refractivity contribution in [2.24, 2.45) is 7.05 Å². The van der Waals surface area contributed by atoms with Gasteiger partial charge in [-0.1, -0.05) is 6.92 Å². The molecule has 0 radical (unpaired) electrons. The highest BCUT2D eigenvalue weighted by Crippen LogP contribution is 2.19. The van der Waals surface area contributed by atoms with E-state index in [4.69, 9.17) is 0 Å². The molecule has 0 saturated heterocycles. The van der Waals surface area contributed by atoms with Crippen molar-refractivity contribution >= 4 is 0 Å². The van der Waals surface area contributed by atoms with Gasteiger partial charge in [-0.2, -0.15) is 5.10 Å². The quantitative estimate of drug-likeness (QED) is 0.874. The van der Waals surface area contributed by atoms with Crippen molar-refractivity contribution in [3.05, 3.63) is 35.7 Å². The summed E-state index contributed by atoms with van der Waals surface area (Å²) in [6, 6.07) is 2.18. The van der Waals surface area contributed by atoms with Crippen molar-refractivity contribution in [3.8, 4) is 0 Å². The van der Waals surface area contributed by atoms with Crippen LogP contribution in [0, 0.1) is 6.92 Å². The highest BCUT2D eigenvalue weighted by molar-refractivity contribution is 5.22. The Morgan fingerprint density at radius 3 is 2.61 bits per heavy atom. The molecule has 0 fully saturated rings. The summed E-state index contributed by atoms with van der Waals surface area (Å²) in [6.07, 6.45) is 3.95. The lowest BCUT2D eigenvalue weighted by Gasteiger charge is -2.12. The fourth-order valence-electron chi connectivity index (χ4n) is 1.99. The van der Waals surface area contributed by atoms with E-state index in [2.05, 4.69) is 53.0 Å². The molecule has 0 aliphatic rings. The van der Waals surface area contributed by atoms with E-state index in [9.17, 15) is 0 Å².